The lowest BCUT2D eigenvalue weighted by atomic mass is 10.1. The van der Waals surface area contributed by atoms with Crippen molar-refractivity contribution in [3.8, 4) is 0 Å². The van der Waals surface area contributed by atoms with Gasteiger partial charge in [-0.15, -0.1) is 0 Å². The molecule has 1 N–H and O–H groups in total. The highest BCUT2D eigenvalue weighted by atomic mass is 32.2. The van der Waals surface area contributed by atoms with Crippen LogP contribution in [0.15, 0.2) is 47.4 Å². The molecule has 1 unspecified atom stereocenters. The first-order valence-corrected chi connectivity index (χ1v) is 5.27. The molecule has 0 aliphatic rings. The van der Waals surface area contributed by atoms with E-state index in [2.05, 4.69) is 0 Å². The highest BCUT2D eigenvalue weighted by molar-refractivity contribution is 7.79. The fraction of sp³-hybridized carbons (Fsp3) is 0. The van der Waals surface area contributed by atoms with Gasteiger partial charge in [0.25, 0.3) is 0 Å². The number of carbonyl (C=O) groups excluding carboxylic acids is 1. The van der Waals surface area contributed by atoms with Gasteiger partial charge in [-0.25, -0.2) is 4.21 Å². The van der Waals surface area contributed by atoms with Gasteiger partial charge in [-0.05, 0) is 11.5 Å². The summed E-state index contributed by atoms with van der Waals surface area (Å²) in [4.78, 5) is 8.47. The predicted molar refractivity (Wildman–Crippen MR) is 60.1 cm³/mol. The van der Waals surface area contributed by atoms with E-state index in [4.69, 9.17) is 9.35 Å². The predicted octanol–water partition coefficient (Wildman–Crippen LogP) is 2.24. The zero-order valence-electron chi connectivity index (χ0n) is 7.92. The van der Waals surface area contributed by atoms with Crippen LogP contribution in [-0.4, -0.2) is 15.6 Å². The van der Waals surface area contributed by atoms with E-state index in [0.717, 1.165) is 10.8 Å². The van der Waals surface area contributed by atoms with E-state index >= 15 is 0 Å². The molecule has 0 bridgehead atoms. The smallest absolute Gasteiger partial charge is 0.187 e. The third kappa shape index (κ3) is 2.49. The van der Waals surface area contributed by atoms with Crippen molar-refractivity contribution in [1.29, 1.82) is 0 Å². The molecule has 0 saturated heterocycles. The first-order valence-electron chi connectivity index (χ1n) is 4.16. The Morgan fingerprint density at radius 1 is 1.00 bits per heavy atom. The van der Waals surface area contributed by atoms with E-state index < -0.39 is 11.1 Å². The molecule has 78 valence electrons. The van der Waals surface area contributed by atoms with Gasteiger partial charge >= 0.3 is 0 Å². The topological polar surface area (TPSA) is 54.4 Å². The van der Waals surface area contributed by atoms with Crippen LogP contribution >= 0.6 is 0 Å². The average Bonchev–Trinajstić information content (AvgIpc) is 2.31. The molecule has 2 aromatic carbocycles. The van der Waals surface area contributed by atoms with Crippen LogP contribution in [0.3, 0.4) is 0 Å². The van der Waals surface area contributed by atoms with Gasteiger partial charge in [0.15, 0.2) is 11.1 Å². The molecule has 0 fully saturated rings. The van der Waals surface area contributed by atoms with Gasteiger partial charge in [0.05, 0.1) is 4.90 Å². The van der Waals surface area contributed by atoms with E-state index in [0.29, 0.717) is 4.90 Å². The summed E-state index contributed by atoms with van der Waals surface area (Å²) >= 11 is -1.90. The third-order valence-electron chi connectivity index (χ3n) is 1.94. The first-order chi connectivity index (χ1) is 7.29. The van der Waals surface area contributed by atoms with Gasteiger partial charge in [0.1, 0.15) is 6.79 Å². The Hall–Kier alpha value is -1.52. The van der Waals surface area contributed by atoms with Crippen LogP contribution in [0.5, 0.6) is 0 Å². The molecule has 0 aliphatic heterocycles. The Labute approximate surface area is 90.0 Å². The number of hydrogen-bond donors (Lipinski definition) is 1. The fourth-order valence-corrected chi connectivity index (χ4v) is 1.92. The van der Waals surface area contributed by atoms with Crippen molar-refractivity contribution < 1.29 is 13.6 Å². The van der Waals surface area contributed by atoms with E-state index in [1.807, 2.05) is 37.1 Å². The SMILES string of the molecule is C=O.O=S(O)c1cccc2ccccc12. The molecule has 0 aromatic heterocycles. The quantitative estimate of drug-likeness (QED) is 0.753. The molecule has 2 aromatic rings. The molecular formula is C11H10O3S. The third-order valence-corrected chi connectivity index (χ3v) is 2.67. The maximum absolute atomic E-state index is 10.9. The van der Waals surface area contributed by atoms with Gasteiger partial charge in [-0.1, -0.05) is 36.4 Å². The Morgan fingerprint density at radius 3 is 2.27 bits per heavy atom. The summed E-state index contributed by atoms with van der Waals surface area (Å²) in [5.74, 6) is 0. The lowest BCUT2D eigenvalue weighted by molar-refractivity contribution is -0.0979. The summed E-state index contributed by atoms with van der Waals surface area (Å²) in [6, 6.07) is 12.9. The van der Waals surface area contributed by atoms with Gasteiger partial charge in [0.2, 0.25) is 0 Å². The monoisotopic (exact) mass is 222 g/mol. The van der Waals surface area contributed by atoms with Crippen molar-refractivity contribution in [3.05, 3.63) is 42.5 Å². The summed E-state index contributed by atoms with van der Waals surface area (Å²) in [7, 11) is 0. The lowest BCUT2D eigenvalue weighted by Crippen LogP contribution is -1.89. The Kier molecular flexibility index (Phi) is 4.15. The molecule has 0 aliphatic carbocycles. The molecule has 2 rings (SSSR count). The van der Waals surface area contributed by atoms with Crippen molar-refractivity contribution in [2.75, 3.05) is 0 Å². The maximum atomic E-state index is 10.9. The van der Waals surface area contributed by atoms with E-state index in [1.54, 1.807) is 12.1 Å². The van der Waals surface area contributed by atoms with E-state index in [9.17, 15) is 4.21 Å². The fourth-order valence-electron chi connectivity index (χ4n) is 1.35. The van der Waals surface area contributed by atoms with Crippen LogP contribution in [0.25, 0.3) is 10.8 Å². The second-order valence-electron chi connectivity index (χ2n) is 2.73. The summed E-state index contributed by atoms with van der Waals surface area (Å²) in [6.45, 7) is 2.00. The Morgan fingerprint density at radius 2 is 1.60 bits per heavy atom. The Balaban J connectivity index is 0.000000531. The molecule has 1 atom stereocenters. The standard InChI is InChI=1S/C10H8O2S.CH2O/c11-13(12)10-7-3-5-8-4-1-2-6-9(8)10;1-2/h1-7H,(H,11,12);1H2. The lowest BCUT2D eigenvalue weighted by Gasteiger charge is -2.00. The van der Waals surface area contributed by atoms with Gasteiger partial charge < -0.3 is 9.35 Å². The molecule has 4 heteroatoms. The number of rotatable bonds is 1. The molecule has 0 amide bonds. The van der Waals surface area contributed by atoms with Gasteiger partial charge in [0, 0.05) is 5.39 Å². The molecule has 0 radical (unpaired) electrons. The summed E-state index contributed by atoms with van der Waals surface area (Å²) in [5.41, 5.74) is 0. The second-order valence-corrected chi connectivity index (χ2v) is 3.66. The normalized spacial score (nSPS) is 11.5. The maximum Gasteiger partial charge on any atom is 0.187 e. The summed E-state index contributed by atoms with van der Waals surface area (Å²) in [6.07, 6.45) is 0. The highest BCUT2D eigenvalue weighted by Gasteiger charge is 2.03. The Bertz CT molecular complexity index is 477. The van der Waals surface area contributed by atoms with Gasteiger partial charge in [-0.3, -0.25) is 0 Å². The van der Waals surface area contributed by atoms with Crippen LogP contribution in [0, 0.1) is 0 Å². The first kappa shape index (κ1) is 11.6. The van der Waals surface area contributed by atoms with Crippen molar-refractivity contribution in [3.63, 3.8) is 0 Å². The van der Waals surface area contributed by atoms with Gasteiger partial charge in [-0.2, -0.15) is 0 Å². The molecule has 0 spiro atoms. The van der Waals surface area contributed by atoms with E-state index in [-0.39, 0.29) is 0 Å². The largest absolute Gasteiger partial charge is 0.307 e. The van der Waals surface area contributed by atoms with Crippen LogP contribution in [0.1, 0.15) is 0 Å². The highest BCUT2D eigenvalue weighted by Crippen LogP contribution is 2.20. The molecule has 0 saturated carbocycles. The number of benzene rings is 2. The summed E-state index contributed by atoms with van der Waals surface area (Å²) in [5, 5.41) is 1.83. The zero-order chi connectivity index (χ0) is 11.3. The molecular weight excluding hydrogens is 212 g/mol. The minimum absolute atomic E-state index is 0.470. The number of carbonyl (C=O) groups is 1. The average molecular weight is 222 g/mol. The minimum Gasteiger partial charge on any atom is -0.307 e. The number of hydrogen-bond acceptors (Lipinski definition) is 2. The van der Waals surface area contributed by atoms with Crippen LogP contribution in [0.4, 0.5) is 0 Å². The second kappa shape index (κ2) is 5.38. The zero-order valence-corrected chi connectivity index (χ0v) is 8.74. The molecule has 15 heavy (non-hydrogen) atoms. The van der Waals surface area contributed by atoms with Crippen molar-refractivity contribution in [2.24, 2.45) is 0 Å². The molecule has 3 nitrogen and oxygen atoms in total. The van der Waals surface area contributed by atoms with Crippen LogP contribution in [-0.2, 0) is 15.9 Å². The minimum atomic E-state index is -1.90. The summed E-state index contributed by atoms with van der Waals surface area (Å²) < 4.78 is 19.9. The van der Waals surface area contributed by atoms with Crippen molar-refractivity contribution >= 4 is 28.6 Å². The number of fused-ring (bicyclic) bond motifs is 1. The molecule has 0 heterocycles. The van der Waals surface area contributed by atoms with Crippen molar-refractivity contribution in [2.45, 2.75) is 4.90 Å². The van der Waals surface area contributed by atoms with E-state index in [1.165, 1.54) is 0 Å². The van der Waals surface area contributed by atoms with Crippen molar-refractivity contribution in [1.82, 2.24) is 0 Å². The van der Waals surface area contributed by atoms with Crippen LogP contribution < -0.4 is 0 Å². The van der Waals surface area contributed by atoms with Crippen LogP contribution in [0.2, 0.25) is 0 Å².